The van der Waals surface area contributed by atoms with Crippen LogP contribution in [-0.4, -0.2) is 13.1 Å². The van der Waals surface area contributed by atoms with Crippen LogP contribution in [0.4, 0.5) is 0 Å². The van der Waals surface area contributed by atoms with Crippen LogP contribution in [0.25, 0.3) is 0 Å². The first-order chi connectivity index (χ1) is 4.34. The Morgan fingerprint density at radius 1 is 1.67 bits per heavy atom. The van der Waals surface area contributed by atoms with Gasteiger partial charge in [0.15, 0.2) is 0 Å². The molecule has 1 rings (SSSR count). The third kappa shape index (κ3) is 1.68. The third-order valence-corrected chi connectivity index (χ3v) is 2.55. The van der Waals surface area contributed by atoms with E-state index in [0.717, 1.165) is 11.8 Å². The van der Waals surface area contributed by atoms with E-state index >= 15 is 0 Å². The molecular weight excluding hydrogens is 110 g/mol. The van der Waals surface area contributed by atoms with Gasteiger partial charge in [-0.2, -0.15) is 0 Å². The Balaban J connectivity index is 2.24. The van der Waals surface area contributed by atoms with E-state index in [4.69, 9.17) is 0 Å². The highest BCUT2D eigenvalue weighted by molar-refractivity contribution is 4.74. The van der Waals surface area contributed by atoms with Crippen molar-refractivity contribution in [2.24, 2.45) is 11.8 Å². The molecule has 1 aliphatic heterocycles. The molecule has 1 heterocycles. The number of rotatable bonds is 2. The maximum Gasteiger partial charge on any atom is -0.00175 e. The fraction of sp³-hybridized carbons (Fsp3) is 1.00. The van der Waals surface area contributed by atoms with Crippen LogP contribution in [0, 0.1) is 11.8 Å². The van der Waals surface area contributed by atoms with Gasteiger partial charge in [-0.3, -0.25) is 0 Å². The van der Waals surface area contributed by atoms with Gasteiger partial charge in [-0.25, -0.2) is 0 Å². The summed E-state index contributed by atoms with van der Waals surface area (Å²) in [4.78, 5) is 0. The Morgan fingerprint density at radius 2 is 2.44 bits per heavy atom. The van der Waals surface area contributed by atoms with Gasteiger partial charge >= 0.3 is 0 Å². The van der Waals surface area contributed by atoms with Crippen molar-refractivity contribution >= 4 is 0 Å². The van der Waals surface area contributed by atoms with Gasteiger partial charge in [0, 0.05) is 0 Å². The molecule has 0 aromatic carbocycles. The van der Waals surface area contributed by atoms with Crippen LogP contribution in [0.1, 0.15) is 26.7 Å². The first-order valence-corrected chi connectivity index (χ1v) is 4.05. The Kier molecular flexibility index (Phi) is 2.52. The van der Waals surface area contributed by atoms with Crippen molar-refractivity contribution in [2.45, 2.75) is 26.7 Å². The van der Waals surface area contributed by atoms with Crippen molar-refractivity contribution in [1.82, 2.24) is 5.32 Å². The average Bonchev–Trinajstić information content (AvgIpc) is 2.37. The SMILES string of the molecule is CC[C@@H](C)C1CCNC1. The zero-order chi connectivity index (χ0) is 6.69. The fourth-order valence-corrected chi connectivity index (χ4v) is 1.50. The number of hydrogen-bond acceptors (Lipinski definition) is 1. The highest BCUT2D eigenvalue weighted by atomic mass is 14.9. The van der Waals surface area contributed by atoms with Gasteiger partial charge in [-0.05, 0) is 31.3 Å². The molecule has 0 spiro atoms. The summed E-state index contributed by atoms with van der Waals surface area (Å²) in [7, 11) is 0. The van der Waals surface area contributed by atoms with Crippen LogP contribution in [0.2, 0.25) is 0 Å². The van der Waals surface area contributed by atoms with Crippen molar-refractivity contribution in [2.75, 3.05) is 13.1 Å². The maximum absolute atomic E-state index is 3.39. The van der Waals surface area contributed by atoms with Crippen LogP contribution >= 0.6 is 0 Å². The van der Waals surface area contributed by atoms with E-state index < -0.39 is 0 Å². The average molecular weight is 127 g/mol. The highest BCUT2D eigenvalue weighted by Crippen LogP contribution is 2.20. The van der Waals surface area contributed by atoms with Crippen molar-refractivity contribution in [1.29, 1.82) is 0 Å². The van der Waals surface area contributed by atoms with Crippen LogP contribution in [0.15, 0.2) is 0 Å². The summed E-state index contributed by atoms with van der Waals surface area (Å²) in [5, 5.41) is 3.39. The van der Waals surface area contributed by atoms with E-state index in [2.05, 4.69) is 19.2 Å². The Hall–Kier alpha value is -0.0400. The lowest BCUT2D eigenvalue weighted by Crippen LogP contribution is -2.14. The second-order valence-corrected chi connectivity index (χ2v) is 3.14. The molecule has 1 unspecified atom stereocenters. The lowest BCUT2D eigenvalue weighted by Gasteiger charge is -2.14. The van der Waals surface area contributed by atoms with Crippen LogP contribution < -0.4 is 5.32 Å². The summed E-state index contributed by atoms with van der Waals surface area (Å²) < 4.78 is 0. The van der Waals surface area contributed by atoms with Crippen LogP contribution in [-0.2, 0) is 0 Å². The molecule has 1 N–H and O–H groups in total. The Bertz CT molecular complexity index is 74.6. The molecule has 0 bridgehead atoms. The van der Waals surface area contributed by atoms with Gasteiger partial charge in [-0.15, -0.1) is 0 Å². The summed E-state index contributed by atoms with van der Waals surface area (Å²) in [6, 6.07) is 0. The van der Waals surface area contributed by atoms with E-state index in [1.807, 2.05) is 0 Å². The summed E-state index contributed by atoms with van der Waals surface area (Å²) >= 11 is 0. The normalized spacial score (nSPS) is 30.7. The quantitative estimate of drug-likeness (QED) is 0.594. The standard InChI is InChI=1S/C8H17N/c1-3-7(2)8-4-5-9-6-8/h7-9H,3-6H2,1-2H3/t7-,8?/m1/s1. The second-order valence-electron chi connectivity index (χ2n) is 3.14. The minimum Gasteiger partial charge on any atom is -0.316 e. The van der Waals surface area contributed by atoms with E-state index in [0.29, 0.717) is 0 Å². The maximum atomic E-state index is 3.39. The first-order valence-electron chi connectivity index (χ1n) is 4.05. The molecule has 54 valence electrons. The van der Waals surface area contributed by atoms with Gasteiger partial charge in [0.2, 0.25) is 0 Å². The van der Waals surface area contributed by atoms with Crippen LogP contribution in [0.5, 0.6) is 0 Å². The highest BCUT2D eigenvalue weighted by Gasteiger charge is 2.18. The first kappa shape index (κ1) is 7.07. The molecule has 9 heavy (non-hydrogen) atoms. The predicted octanol–water partition coefficient (Wildman–Crippen LogP) is 1.64. The Morgan fingerprint density at radius 3 is 2.89 bits per heavy atom. The van der Waals surface area contributed by atoms with Crippen molar-refractivity contribution in [3.63, 3.8) is 0 Å². The lowest BCUT2D eigenvalue weighted by atomic mass is 9.91. The van der Waals surface area contributed by atoms with Gasteiger partial charge < -0.3 is 5.32 Å². The zero-order valence-electron chi connectivity index (χ0n) is 6.48. The predicted molar refractivity (Wildman–Crippen MR) is 40.4 cm³/mol. The van der Waals surface area contributed by atoms with Crippen LogP contribution in [0.3, 0.4) is 0 Å². The Labute approximate surface area is 57.8 Å². The lowest BCUT2D eigenvalue weighted by molar-refractivity contribution is 0.376. The molecule has 1 saturated heterocycles. The molecule has 0 aliphatic carbocycles. The smallest absolute Gasteiger partial charge is 0.00175 e. The molecule has 1 fully saturated rings. The molecule has 0 aromatic heterocycles. The van der Waals surface area contributed by atoms with Crippen molar-refractivity contribution in [3.8, 4) is 0 Å². The largest absolute Gasteiger partial charge is 0.316 e. The monoisotopic (exact) mass is 127 g/mol. The number of nitrogens with one attached hydrogen (secondary N) is 1. The van der Waals surface area contributed by atoms with E-state index in [1.165, 1.54) is 25.9 Å². The van der Waals surface area contributed by atoms with Gasteiger partial charge in [0.25, 0.3) is 0 Å². The minimum atomic E-state index is 0.931. The molecule has 0 radical (unpaired) electrons. The van der Waals surface area contributed by atoms with Gasteiger partial charge in [0.1, 0.15) is 0 Å². The number of hydrogen-bond donors (Lipinski definition) is 1. The molecule has 1 nitrogen and oxygen atoms in total. The van der Waals surface area contributed by atoms with Gasteiger partial charge in [0.05, 0.1) is 0 Å². The second kappa shape index (κ2) is 3.21. The summed E-state index contributed by atoms with van der Waals surface area (Å²) in [6.07, 6.45) is 2.74. The van der Waals surface area contributed by atoms with E-state index in [9.17, 15) is 0 Å². The van der Waals surface area contributed by atoms with Gasteiger partial charge in [-0.1, -0.05) is 20.3 Å². The third-order valence-electron chi connectivity index (χ3n) is 2.55. The molecule has 0 aromatic rings. The van der Waals surface area contributed by atoms with Crippen molar-refractivity contribution in [3.05, 3.63) is 0 Å². The molecule has 0 amide bonds. The summed E-state index contributed by atoms with van der Waals surface area (Å²) in [6.45, 7) is 7.14. The molecule has 1 aliphatic rings. The molecule has 2 atom stereocenters. The summed E-state index contributed by atoms with van der Waals surface area (Å²) in [5.74, 6) is 1.90. The van der Waals surface area contributed by atoms with E-state index in [-0.39, 0.29) is 0 Å². The summed E-state index contributed by atoms with van der Waals surface area (Å²) in [5.41, 5.74) is 0. The molecule has 0 saturated carbocycles. The molecule has 1 heteroatoms. The van der Waals surface area contributed by atoms with Crippen molar-refractivity contribution < 1.29 is 0 Å². The fourth-order valence-electron chi connectivity index (χ4n) is 1.50. The minimum absolute atomic E-state index is 0.931. The topological polar surface area (TPSA) is 12.0 Å². The zero-order valence-corrected chi connectivity index (χ0v) is 6.48. The van der Waals surface area contributed by atoms with E-state index in [1.54, 1.807) is 0 Å². The molecular formula is C8H17N.